The van der Waals surface area contributed by atoms with Crippen LogP contribution in [0.1, 0.15) is 44.6 Å². The number of nitrogens with one attached hydrogen (secondary N) is 1. The second-order valence-electron chi connectivity index (χ2n) is 6.87. The van der Waals surface area contributed by atoms with Crippen molar-refractivity contribution in [1.29, 1.82) is 0 Å². The third kappa shape index (κ3) is 4.98. The fraction of sp³-hybridized carbons (Fsp3) is 0.526. The van der Waals surface area contributed by atoms with Crippen LogP contribution in [-0.4, -0.2) is 39.3 Å². The first-order chi connectivity index (χ1) is 12.5. The molecule has 1 aliphatic rings. The first-order valence-corrected chi connectivity index (χ1v) is 10.8. The van der Waals surface area contributed by atoms with Crippen molar-refractivity contribution < 1.29 is 4.79 Å². The number of nitrogens with zero attached hydrogens (tertiary/aromatic N) is 3. The van der Waals surface area contributed by atoms with E-state index in [0.29, 0.717) is 6.04 Å². The van der Waals surface area contributed by atoms with Crippen LogP contribution in [0.5, 0.6) is 0 Å². The second-order valence-corrected chi connectivity index (χ2v) is 9.43. The number of aromatic nitrogens is 2. The van der Waals surface area contributed by atoms with E-state index in [9.17, 15) is 4.79 Å². The molecule has 5 nitrogen and oxygen atoms in total. The number of amides is 1. The van der Waals surface area contributed by atoms with Gasteiger partial charge in [0, 0.05) is 18.8 Å². The van der Waals surface area contributed by atoms with Crippen LogP contribution in [0, 0.1) is 6.92 Å². The summed E-state index contributed by atoms with van der Waals surface area (Å²) >= 11 is 2.98. The molecule has 0 radical (unpaired) electrons. The zero-order valence-electron chi connectivity index (χ0n) is 15.6. The largest absolute Gasteiger partial charge is 0.342 e. The predicted octanol–water partition coefficient (Wildman–Crippen LogP) is 4.86. The molecule has 26 heavy (non-hydrogen) atoms. The summed E-state index contributed by atoms with van der Waals surface area (Å²) in [6.45, 7) is 4.02. The van der Waals surface area contributed by atoms with Crippen molar-refractivity contribution in [3.8, 4) is 0 Å². The third-order valence-electron chi connectivity index (χ3n) is 4.77. The van der Waals surface area contributed by atoms with E-state index in [0.717, 1.165) is 28.0 Å². The van der Waals surface area contributed by atoms with Gasteiger partial charge < -0.3 is 10.2 Å². The third-order valence-corrected chi connectivity index (χ3v) is 6.78. The number of benzene rings is 1. The van der Waals surface area contributed by atoms with Crippen LogP contribution in [0.3, 0.4) is 0 Å². The van der Waals surface area contributed by atoms with E-state index in [1.165, 1.54) is 47.9 Å². The predicted molar refractivity (Wildman–Crippen MR) is 109 cm³/mol. The molecule has 0 saturated heterocycles. The Bertz CT molecular complexity index is 743. The average molecular weight is 391 g/mol. The van der Waals surface area contributed by atoms with Crippen LogP contribution in [0.15, 0.2) is 28.6 Å². The molecule has 2 aromatic rings. The van der Waals surface area contributed by atoms with E-state index >= 15 is 0 Å². The SMILES string of the molecule is Cc1cccc(Nc2nnc(SC(C)C(=O)N(C)C3CCCCC3)s2)c1. The molecule has 7 heteroatoms. The molecule has 1 amide bonds. The van der Waals surface area contributed by atoms with Crippen molar-refractivity contribution in [3.63, 3.8) is 0 Å². The highest BCUT2D eigenvalue weighted by Gasteiger charge is 2.26. The molecule has 0 bridgehead atoms. The minimum absolute atomic E-state index is 0.151. The van der Waals surface area contributed by atoms with Crippen molar-refractivity contribution >= 4 is 39.8 Å². The topological polar surface area (TPSA) is 58.1 Å². The van der Waals surface area contributed by atoms with Gasteiger partial charge in [0.05, 0.1) is 5.25 Å². The Balaban J connectivity index is 1.56. The molecule has 1 aromatic heterocycles. The summed E-state index contributed by atoms with van der Waals surface area (Å²) in [5.74, 6) is 0.185. The van der Waals surface area contributed by atoms with Crippen molar-refractivity contribution in [2.45, 2.75) is 61.6 Å². The van der Waals surface area contributed by atoms with Crippen molar-refractivity contribution in [1.82, 2.24) is 15.1 Å². The molecule has 1 atom stereocenters. The fourth-order valence-corrected chi connectivity index (χ4v) is 5.31. The monoisotopic (exact) mass is 390 g/mol. The van der Waals surface area contributed by atoms with Crippen LogP contribution < -0.4 is 5.32 Å². The number of hydrogen-bond donors (Lipinski definition) is 1. The molecule has 140 valence electrons. The molecule has 1 unspecified atom stereocenters. The first-order valence-electron chi connectivity index (χ1n) is 9.13. The van der Waals surface area contributed by atoms with Crippen LogP contribution >= 0.6 is 23.1 Å². The van der Waals surface area contributed by atoms with Crippen molar-refractivity contribution in [2.75, 3.05) is 12.4 Å². The maximum absolute atomic E-state index is 12.7. The van der Waals surface area contributed by atoms with Gasteiger partial charge in [-0.2, -0.15) is 0 Å². The maximum Gasteiger partial charge on any atom is 0.235 e. The summed E-state index contributed by atoms with van der Waals surface area (Å²) in [4.78, 5) is 14.7. The molecule has 0 aliphatic heterocycles. The van der Waals surface area contributed by atoms with Gasteiger partial charge in [-0.15, -0.1) is 10.2 Å². The van der Waals surface area contributed by atoms with Gasteiger partial charge in [0.15, 0.2) is 4.34 Å². The molecular weight excluding hydrogens is 364 g/mol. The van der Waals surface area contributed by atoms with Gasteiger partial charge in [-0.3, -0.25) is 4.79 Å². The fourth-order valence-electron chi connectivity index (χ4n) is 3.29. The van der Waals surface area contributed by atoms with Gasteiger partial charge in [-0.25, -0.2) is 0 Å². The highest BCUT2D eigenvalue weighted by molar-refractivity contribution is 8.02. The lowest BCUT2D eigenvalue weighted by molar-refractivity contribution is -0.131. The minimum Gasteiger partial charge on any atom is -0.342 e. The van der Waals surface area contributed by atoms with Gasteiger partial charge in [0.2, 0.25) is 11.0 Å². The van der Waals surface area contributed by atoms with E-state index in [4.69, 9.17) is 0 Å². The Morgan fingerprint density at radius 1 is 1.31 bits per heavy atom. The highest BCUT2D eigenvalue weighted by Crippen LogP contribution is 2.32. The summed E-state index contributed by atoms with van der Waals surface area (Å²) < 4.78 is 0.818. The lowest BCUT2D eigenvalue weighted by atomic mass is 9.94. The number of aryl methyl sites for hydroxylation is 1. The number of rotatable bonds is 6. The maximum atomic E-state index is 12.7. The Hall–Kier alpha value is -1.60. The van der Waals surface area contributed by atoms with Gasteiger partial charge in [-0.05, 0) is 44.4 Å². The summed E-state index contributed by atoms with van der Waals surface area (Å²) in [5.41, 5.74) is 2.19. The Labute approximate surface area is 163 Å². The Kier molecular flexibility index (Phi) is 6.53. The molecule has 1 aromatic carbocycles. The van der Waals surface area contributed by atoms with E-state index in [-0.39, 0.29) is 11.2 Å². The van der Waals surface area contributed by atoms with Crippen LogP contribution in [0.25, 0.3) is 0 Å². The summed E-state index contributed by atoms with van der Waals surface area (Å²) in [6, 6.07) is 8.54. The van der Waals surface area contributed by atoms with Gasteiger partial charge in [0.25, 0.3) is 0 Å². The number of anilines is 2. The van der Waals surface area contributed by atoms with Crippen molar-refractivity contribution in [3.05, 3.63) is 29.8 Å². The zero-order valence-corrected chi connectivity index (χ0v) is 17.2. The zero-order chi connectivity index (χ0) is 18.5. The lowest BCUT2D eigenvalue weighted by Crippen LogP contribution is -2.42. The van der Waals surface area contributed by atoms with Gasteiger partial charge in [-0.1, -0.05) is 54.5 Å². The number of hydrogen-bond acceptors (Lipinski definition) is 6. The van der Waals surface area contributed by atoms with Crippen LogP contribution in [0.2, 0.25) is 0 Å². The van der Waals surface area contributed by atoms with E-state index < -0.39 is 0 Å². The Morgan fingerprint density at radius 2 is 2.08 bits per heavy atom. The van der Waals surface area contributed by atoms with Gasteiger partial charge in [0.1, 0.15) is 0 Å². The highest BCUT2D eigenvalue weighted by atomic mass is 32.2. The smallest absolute Gasteiger partial charge is 0.235 e. The van der Waals surface area contributed by atoms with E-state index in [2.05, 4.69) is 34.6 Å². The number of carbonyl (C=O) groups is 1. The van der Waals surface area contributed by atoms with Crippen molar-refractivity contribution in [2.24, 2.45) is 0 Å². The van der Waals surface area contributed by atoms with E-state index in [1.807, 2.05) is 31.0 Å². The second kappa shape index (κ2) is 8.86. The molecule has 1 N–H and O–H groups in total. The van der Waals surface area contributed by atoms with Crippen LogP contribution in [0.4, 0.5) is 10.8 Å². The lowest BCUT2D eigenvalue weighted by Gasteiger charge is -2.32. The van der Waals surface area contributed by atoms with E-state index in [1.54, 1.807) is 0 Å². The molecule has 1 aliphatic carbocycles. The molecule has 1 fully saturated rings. The molecular formula is C19H26N4OS2. The molecule has 0 spiro atoms. The van der Waals surface area contributed by atoms with Gasteiger partial charge >= 0.3 is 0 Å². The Morgan fingerprint density at radius 3 is 2.81 bits per heavy atom. The minimum atomic E-state index is -0.151. The molecule has 3 rings (SSSR count). The first kappa shape index (κ1) is 19.2. The number of carbonyl (C=O) groups excluding carboxylic acids is 1. The molecule has 1 saturated carbocycles. The summed E-state index contributed by atoms with van der Waals surface area (Å²) in [6.07, 6.45) is 6.01. The normalized spacial score (nSPS) is 16.3. The van der Waals surface area contributed by atoms with Crippen LogP contribution in [-0.2, 0) is 4.79 Å². The average Bonchev–Trinajstić information content (AvgIpc) is 3.08. The molecule has 1 heterocycles. The quantitative estimate of drug-likeness (QED) is 0.714. The summed E-state index contributed by atoms with van der Waals surface area (Å²) in [5, 5.41) is 12.3. The standard InChI is InChI=1S/C19H26N4OS2/c1-13-8-7-9-15(12-13)20-18-21-22-19(26-18)25-14(2)17(24)23(3)16-10-5-4-6-11-16/h7-9,12,14,16H,4-6,10-11H2,1-3H3,(H,20,21). The summed E-state index contributed by atoms with van der Waals surface area (Å²) in [7, 11) is 1.94. The number of thioether (sulfide) groups is 1.